The molecule has 0 bridgehead atoms. The predicted octanol–water partition coefficient (Wildman–Crippen LogP) is 3.67. The Morgan fingerprint density at radius 1 is 1.00 bits per heavy atom. The number of carbonyl (C=O) groups is 1. The minimum absolute atomic E-state index is 0.162. The lowest BCUT2D eigenvalue weighted by Gasteiger charge is -2.01. The SMILES string of the molecule is O=C(Cc1ccc(F)cc1)N/N=C\c1ccc2ccccc2c1. The summed E-state index contributed by atoms with van der Waals surface area (Å²) in [7, 11) is 0. The van der Waals surface area contributed by atoms with Crippen molar-refractivity contribution in [2.45, 2.75) is 6.42 Å². The Balaban J connectivity index is 1.60. The van der Waals surface area contributed by atoms with Gasteiger partial charge in [0.25, 0.3) is 0 Å². The number of nitrogens with one attached hydrogen (secondary N) is 1. The van der Waals surface area contributed by atoms with Crippen molar-refractivity contribution in [3.8, 4) is 0 Å². The highest BCUT2D eigenvalue weighted by Crippen LogP contribution is 2.14. The van der Waals surface area contributed by atoms with Gasteiger partial charge in [0.1, 0.15) is 5.82 Å². The molecule has 3 nitrogen and oxygen atoms in total. The molecular weight excluding hydrogens is 291 g/mol. The van der Waals surface area contributed by atoms with Crippen LogP contribution in [0.3, 0.4) is 0 Å². The zero-order valence-corrected chi connectivity index (χ0v) is 12.4. The molecule has 4 heteroatoms. The first-order valence-electron chi connectivity index (χ1n) is 7.26. The summed E-state index contributed by atoms with van der Waals surface area (Å²) in [4.78, 5) is 11.8. The van der Waals surface area contributed by atoms with E-state index >= 15 is 0 Å². The molecule has 0 atom stereocenters. The van der Waals surface area contributed by atoms with Gasteiger partial charge in [-0.3, -0.25) is 4.79 Å². The Labute approximate surface area is 133 Å². The van der Waals surface area contributed by atoms with Crippen LogP contribution in [0.2, 0.25) is 0 Å². The van der Waals surface area contributed by atoms with Gasteiger partial charge in [-0.05, 0) is 40.1 Å². The quantitative estimate of drug-likeness (QED) is 0.580. The second kappa shape index (κ2) is 6.83. The normalized spacial score (nSPS) is 11.0. The van der Waals surface area contributed by atoms with Crippen LogP contribution in [0.5, 0.6) is 0 Å². The average Bonchev–Trinajstić information content (AvgIpc) is 2.57. The average molecular weight is 306 g/mol. The van der Waals surface area contributed by atoms with Crippen LogP contribution in [0, 0.1) is 5.82 Å². The Bertz CT molecular complexity index is 857. The molecule has 0 aliphatic rings. The van der Waals surface area contributed by atoms with E-state index in [1.165, 1.54) is 12.1 Å². The Morgan fingerprint density at radius 2 is 1.74 bits per heavy atom. The number of hydrazone groups is 1. The summed E-state index contributed by atoms with van der Waals surface area (Å²) in [6.07, 6.45) is 1.77. The second-order valence-electron chi connectivity index (χ2n) is 5.20. The van der Waals surface area contributed by atoms with E-state index in [1.807, 2.05) is 42.5 Å². The van der Waals surface area contributed by atoms with Crippen molar-refractivity contribution in [2.24, 2.45) is 5.10 Å². The van der Waals surface area contributed by atoms with Crippen molar-refractivity contribution in [2.75, 3.05) is 0 Å². The van der Waals surface area contributed by atoms with Crippen molar-refractivity contribution in [3.63, 3.8) is 0 Å². The van der Waals surface area contributed by atoms with Gasteiger partial charge in [0.2, 0.25) is 5.91 Å². The summed E-state index contributed by atoms with van der Waals surface area (Å²) in [6, 6.07) is 19.8. The number of rotatable bonds is 4. The first-order chi connectivity index (χ1) is 11.2. The molecule has 0 unspecified atom stereocenters. The number of halogens is 1. The van der Waals surface area contributed by atoms with Crippen LogP contribution in [0.1, 0.15) is 11.1 Å². The lowest BCUT2D eigenvalue weighted by molar-refractivity contribution is -0.120. The zero-order valence-electron chi connectivity index (χ0n) is 12.4. The van der Waals surface area contributed by atoms with Crippen LogP contribution in [0.25, 0.3) is 10.8 Å². The lowest BCUT2D eigenvalue weighted by atomic mass is 10.1. The molecule has 1 amide bonds. The first kappa shape index (κ1) is 14.9. The predicted molar refractivity (Wildman–Crippen MR) is 89.8 cm³/mol. The Kier molecular flexibility index (Phi) is 4.43. The summed E-state index contributed by atoms with van der Waals surface area (Å²) in [6.45, 7) is 0. The van der Waals surface area contributed by atoms with Crippen molar-refractivity contribution in [1.82, 2.24) is 5.43 Å². The molecule has 0 saturated heterocycles. The van der Waals surface area contributed by atoms with E-state index in [0.29, 0.717) is 0 Å². The fraction of sp³-hybridized carbons (Fsp3) is 0.0526. The minimum atomic E-state index is -0.316. The van der Waals surface area contributed by atoms with Crippen LogP contribution in [0.15, 0.2) is 71.8 Å². The molecule has 0 radical (unpaired) electrons. The smallest absolute Gasteiger partial charge is 0.244 e. The number of benzene rings is 3. The zero-order chi connectivity index (χ0) is 16.1. The highest BCUT2D eigenvalue weighted by atomic mass is 19.1. The van der Waals surface area contributed by atoms with Crippen LogP contribution < -0.4 is 5.43 Å². The van der Waals surface area contributed by atoms with Crippen molar-refractivity contribution in [3.05, 3.63) is 83.7 Å². The largest absolute Gasteiger partial charge is 0.273 e. The standard InChI is InChI=1S/C19H15FN2O/c20-18-9-6-14(7-10-18)12-19(23)22-21-13-15-5-8-16-3-1-2-4-17(16)11-15/h1-11,13H,12H2,(H,22,23)/b21-13-. The van der Waals surface area contributed by atoms with Gasteiger partial charge in [-0.1, -0.05) is 48.5 Å². The fourth-order valence-electron chi connectivity index (χ4n) is 2.29. The number of carbonyl (C=O) groups excluding carboxylic acids is 1. The minimum Gasteiger partial charge on any atom is -0.273 e. The van der Waals surface area contributed by atoms with Crippen LogP contribution >= 0.6 is 0 Å². The van der Waals surface area contributed by atoms with Gasteiger partial charge in [0, 0.05) is 0 Å². The number of hydrogen-bond acceptors (Lipinski definition) is 2. The Hall–Kier alpha value is -3.01. The van der Waals surface area contributed by atoms with Crippen molar-refractivity contribution in [1.29, 1.82) is 0 Å². The molecule has 23 heavy (non-hydrogen) atoms. The molecule has 1 N–H and O–H groups in total. The molecule has 3 aromatic rings. The maximum absolute atomic E-state index is 12.8. The first-order valence-corrected chi connectivity index (χ1v) is 7.26. The third-order valence-corrected chi connectivity index (χ3v) is 3.45. The summed E-state index contributed by atoms with van der Waals surface area (Å²) < 4.78 is 12.8. The second-order valence-corrected chi connectivity index (χ2v) is 5.20. The van der Waals surface area contributed by atoms with E-state index in [0.717, 1.165) is 21.9 Å². The van der Waals surface area contributed by atoms with Gasteiger partial charge >= 0.3 is 0 Å². The number of hydrogen-bond donors (Lipinski definition) is 1. The fourth-order valence-corrected chi connectivity index (χ4v) is 2.29. The molecular formula is C19H15FN2O. The van der Waals surface area contributed by atoms with Gasteiger partial charge in [-0.2, -0.15) is 5.10 Å². The van der Waals surface area contributed by atoms with E-state index in [4.69, 9.17) is 0 Å². The van der Waals surface area contributed by atoms with E-state index in [1.54, 1.807) is 18.3 Å². The number of nitrogens with zero attached hydrogens (tertiary/aromatic N) is 1. The maximum atomic E-state index is 12.8. The lowest BCUT2D eigenvalue weighted by Crippen LogP contribution is -2.19. The van der Waals surface area contributed by atoms with Crippen molar-refractivity contribution < 1.29 is 9.18 Å². The molecule has 0 heterocycles. The van der Waals surface area contributed by atoms with Crippen LogP contribution in [-0.2, 0) is 11.2 Å². The maximum Gasteiger partial charge on any atom is 0.244 e. The highest BCUT2D eigenvalue weighted by molar-refractivity contribution is 5.91. The summed E-state index contributed by atoms with van der Waals surface area (Å²) in [5, 5.41) is 6.24. The van der Waals surface area contributed by atoms with Crippen LogP contribution in [-0.4, -0.2) is 12.1 Å². The van der Waals surface area contributed by atoms with E-state index < -0.39 is 0 Å². The summed E-state index contributed by atoms with van der Waals surface area (Å²) >= 11 is 0. The molecule has 0 aromatic heterocycles. The van der Waals surface area contributed by atoms with Gasteiger partial charge in [0.05, 0.1) is 12.6 Å². The summed E-state index contributed by atoms with van der Waals surface area (Å²) in [5.74, 6) is -0.558. The topological polar surface area (TPSA) is 41.5 Å². The molecule has 114 valence electrons. The third-order valence-electron chi connectivity index (χ3n) is 3.45. The van der Waals surface area contributed by atoms with E-state index in [-0.39, 0.29) is 18.1 Å². The van der Waals surface area contributed by atoms with Gasteiger partial charge in [-0.25, -0.2) is 9.82 Å². The van der Waals surface area contributed by atoms with Gasteiger partial charge in [-0.15, -0.1) is 0 Å². The monoisotopic (exact) mass is 306 g/mol. The summed E-state index contributed by atoms with van der Waals surface area (Å²) in [5.41, 5.74) is 4.13. The molecule has 0 saturated carbocycles. The third kappa shape index (κ3) is 4.01. The van der Waals surface area contributed by atoms with Gasteiger partial charge in [0.15, 0.2) is 0 Å². The van der Waals surface area contributed by atoms with E-state index in [2.05, 4.69) is 10.5 Å². The van der Waals surface area contributed by atoms with Crippen LogP contribution in [0.4, 0.5) is 4.39 Å². The number of amides is 1. The number of fused-ring (bicyclic) bond motifs is 1. The molecule has 0 aliphatic carbocycles. The molecule has 3 rings (SSSR count). The highest BCUT2D eigenvalue weighted by Gasteiger charge is 2.02. The molecule has 0 spiro atoms. The van der Waals surface area contributed by atoms with Gasteiger partial charge < -0.3 is 0 Å². The van der Waals surface area contributed by atoms with Crippen molar-refractivity contribution >= 4 is 22.9 Å². The molecule has 0 fully saturated rings. The molecule has 3 aromatic carbocycles. The Morgan fingerprint density at radius 3 is 2.52 bits per heavy atom. The van der Waals surface area contributed by atoms with E-state index in [9.17, 15) is 9.18 Å². The molecule has 0 aliphatic heterocycles.